The number of ether oxygens (including phenoxy) is 1. The standard InChI is InChI=1S/C18H18N2O6S/c1-4-10-19(17-11-14(18(21)26-3)9-8-13(17)2)27(24,25)16-7-5-6-15(12-16)20(22)23/h4-9,11-12H,1,10H2,2-3H3. The maximum Gasteiger partial charge on any atom is 0.337 e. The van der Waals surface area contributed by atoms with E-state index in [0.29, 0.717) is 5.56 Å². The Morgan fingerprint density at radius 1 is 1.30 bits per heavy atom. The first-order valence-electron chi connectivity index (χ1n) is 7.79. The zero-order valence-corrected chi connectivity index (χ0v) is 15.6. The molecular weight excluding hydrogens is 372 g/mol. The van der Waals surface area contributed by atoms with Crippen LogP contribution in [0.2, 0.25) is 0 Å². The van der Waals surface area contributed by atoms with Gasteiger partial charge in [-0.15, -0.1) is 6.58 Å². The molecule has 0 saturated heterocycles. The summed E-state index contributed by atoms with van der Waals surface area (Å²) in [5.74, 6) is -0.609. The molecule has 0 aromatic heterocycles. The first-order valence-corrected chi connectivity index (χ1v) is 9.23. The molecule has 142 valence electrons. The Hall–Kier alpha value is -3.20. The zero-order valence-electron chi connectivity index (χ0n) is 14.8. The van der Waals surface area contributed by atoms with Gasteiger partial charge in [-0.1, -0.05) is 18.2 Å². The van der Waals surface area contributed by atoms with Crippen LogP contribution in [0.4, 0.5) is 11.4 Å². The molecular formula is C18H18N2O6S. The maximum absolute atomic E-state index is 13.1. The lowest BCUT2D eigenvalue weighted by Crippen LogP contribution is -2.32. The van der Waals surface area contributed by atoms with Crippen LogP contribution < -0.4 is 4.31 Å². The predicted molar refractivity (Wildman–Crippen MR) is 100 cm³/mol. The molecule has 2 aromatic rings. The van der Waals surface area contributed by atoms with Crippen LogP contribution in [0.15, 0.2) is 60.0 Å². The van der Waals surface area contributed by atoms with Gasteiger partial charge in [0, 0.05) is 12.1 Å². The van der Waals surface area contributed by atoms with E-state index in [1.807, 2.05) is 0 Å². The molecule has 0 heterocycles. The molecule has 2 aromatic carbocycles. The minimum absolute atomic E-state index is 0.0868. The summed E-state index contributed by atoms with van der Waals surface area (Å²) in [7, 11) is -2.91. The largest absolute Gasteiger partial charge is 0.465 e. The van der Waals surface area contributed by atoms with Crippen molar-refractivity contribution in [2.75, 3.05) is 18.0 Å². The molecule has 0 radical (unpaired) electrons. The van der Waals surface area contributed by atoms with Gasteiger partial charge in [0.2, 0.25) is 0 Å². The summed E-state index contributed by atoms with van der Waals surface area (Å²) in [6, 6.07) is 9.30. The Morgan fingerprint density at radius 3 is 2.59 bits per heavy atom. The van der Waals surface area contributed by atoms with Crippen LogP contribution in [0.25, 0.3) is 0 Å². The van der Waals surface area contributed by atoms with Crippen molar-refractivity contribution in [1.82, 2.24) is 0 Å². The van der Waals surface area contributed by atoms with Crippen LogP contribution in [0.5, 0.6) is 0 Å². The average molecular weight is 390 g/mol. The Balaban J connectivity index is 2.63. The fourth-order valence-corrected chi connectivity index (χ4v) is 3.98. The third-order valence-corrected chi connectivity index (χ3v) is 5.59. The molecule has 9 heteroatoms. The molecule has 0 aliphatic heterocycles. The van der Waals surface area contributed by atoms with Crippen molar-refractivity contribution in [1.29, 1.82) is 0 Å². The van der Waals surface area contributed by atoms with Gasteiger partial charge >= 0.3 is 5.97 Å². The number of nitro groups is 1. The SMILES string of the molecule is C=CCN(c1cc(C(=O)OC)ccc1C)S(=O)(=O)c1cccc([N+](=O)[O-])c1. The zero-order chi connectivity index (χ0) is 20.2. The van der Waals surface area contributed by atoms with Crippen LogP contribution >= 0.6 is 0 Å². The van der Waals surface area contributed by atoms with Crippen molar-refractivity contribution in [2.24, 2.45) is 0 Å². The van der Waals surface area contributed by atoms with E-state index in [9.17, 15) is 23.3 Å². The Morgan fingerprint density at radius 2 is 2.00 bits per heavy atom. The highest BCUT2D eigenvalue weighted by atomic mass is 32.2. The molecule has 0 bridgehead atoms. The summed E-state index contributed by atoms with van der Waals surface area (Å²) in [6.45, 7) is 5.18. The van der Waals surface area contributed by atoms with Crippen molar-refractivity contribution in [2.45, 2.75) is 11.8 Å². The third-order valence-electron chi connectivity index (χ3n) is 3.81. The van der Waals surface area contributed by atoms with E-state index in [2.05, 4.69) is 11.3 Å². The van der Waals surface area contributed by atoms with E-state index in [-0.39, 0.29) is 28.4 Å². The molecule has 0 amide bonds. The number of anilines is 1. The minimum atomic E-state index is -4.14. The monoisotopic (exact) mass is 390 g/mol. The lowest BCUT2D eigenvalue weighted by molar-refractivity contribution is -0.385. The number of carbonyl (C=O) groups excluding carboxylic acids is 1. The summed E-state index contributed by atoms with van der Waals surface area (Å²) in [5, 5.41) is 11.0. The second-order valence-electron chi connectivity index (χ2n) is 5.57. The number of benzene rings is 2. The Bertz CT molecular complexity index is 1000. The van der Waals surface area contributed by atoms with Crippen LogP contribution in [-0.2, 0) is 14.8 Å². The number of non-ortho nitro benzene ring substituents is 1. The van der Waals surface area contributed by atoms with Crippen LogP contribution in [-0.4, -0.2) is 33.0 Å². The average Bonchev–Trinajstić information content (AvgIpc) is 2.66. The van der Waals surface area contributed by atoms with Crippen molar-refractivity contribution < 1.29 is 22.9 Å². The summed E-state index contributed by atoms with van der Waals surface area (Å²) in [5.41, 5.74) is 0.693. The van der Waals surface area contributed by atoms with E-state index in [1.165, 1.54) is 43.5 Å². The van der Waals surface area contributed by atoms with Crippen molar-refractivity contribution in [3.63, 3.8) is 0 Å². The number of esters is 1. The van der Waals surface area contributed by atoms with Gasteiger partial charge in [0.1, 0.15) is 0 Å². The molecule has 0 aliphatic carbocycles. The fraction of sp³-hybridized carbons (Fsp3) is 0.167. The van der Waals surface area contributed by atoms with Gasteiger partial charge in [-0.25, -0.2) is 13.2 Å². The number of hydrogen-bond donors (Lipinski definition) is 0. The molecule has 8 nitrogen and oxygen atoms in total. The fourth-order valence-electron chi connectivity index (χ4n) is 2.45. The van der Waals surface area contributed by atoms with E-state index in [4.69, 9.17) is 0 Å². The highest BCUT2D eigenvalue weighted by Gasteiger charge is 2.27. The van der Waals surface area contributed by atoms with E-state index >= 15 is 0 Å². The topological polar surface area (TPSA) is 107 Å². The molecule has 0 unspecified atom stereocenters. The molecule has 0 N–H and O–H groups in total. The lowest BCUT2D eigenvalue weighted by Gasteiger charge is -2.25. The second-order valence-corrected chi connectivity index (χ2v) is 7.43. The number of rotatable bonds is 7. The molecule has 27 heavy (non-hydrogen) atoms. The van der Waals surface area contributed by atoms with E-state index in [1.54, 1.807) is 13.0 Å². The summed E-state index contributed by atoms with van der Waals surface area (Å²) in [4.78, 5) is 21.9. The Labute approximate surface area is 156 Å². The number of methoxy groups -OCH3 is 1. The molecule has 0 atom stereocenters. The predicted octanol–water partition coefficient (Wildman–Crippen LogP) is 3.07. The molecule has 0 saturated carbocycles. The number of carbonyl (C=O) groups is 1. The highest BCUT2D eigenvalue weighted by molar-refractivity contribution is 7.92. The molecule has 2 rings (SSSR count). The molecule has 0 fully saturated rings. The normalized spacial score (nSPS) is 10.9. The van der Waals surface area contributed by atoms with Gasteiger partial charge in [0.25, 0.3) is 15.7 Å². The van der Waals surface area contributed by atoms with Gasteiger partial charge in [-0.3, -0.25) is 14.4 Å². The van der Waals surface area contributed by atoms with Crippen molar-refractivity contribution in [3.05, 3.63) is 76.4 Å². The smallest absolute Gasteiger partial charge is 0.337 e. The van der Waals surface area contributed by atoms with Crippen LogP contribution in [0.1, 0.15) is 15.9 Å². The van der Waals surface area contributed by atoms with Crippen molar-refractivity contribution in [3.8, 4) is 0 Å². The van der Waals surface area contributed by atoms with Gasteiger partial charge < -0.3 is 4.74 Å². The van der Waals surface area contributed by atoms with Crippen LogP contribution in [0, 0.1) is 17.0 Å². The second kappa shape index (κ2) is 8.00. The number of aryl methyl sites for hydroxylation is 1. The van der Waals surface area contributed by atoms with Gasteiger partial charge in [-0.05, 0) is 30.7 Å². The van der Waals surface area contributed by atoms with Gasteiger partial charge in [-0.2, -0.15) is 0 Å². The molecule has 0 spiro atoms. The first kappa shape index (κ1) is 20.1. The highest BCUT2D eigenvalue weighted by Crippen LogP contribution is 2.29. The summed E-state index contributed by atoms with van der Waals surface area (Å²) in [6.07, 6.45) is 1.39. The quantitative estimate of drug-likeness (QED) is 0.311. The molecule has 0 aliphatic rings. The third kappa shape index (κ3) is 4.14. The van der Waals surface area contributed by atoms with Gasteiger partial charge in [0.15, 0.2) is 0 Å². The lowest BCUT2D eigenvalue weighted by atomic mass is 10.1. The Kier molecular flexibility index (Phi) is 5.96. The van der Waals surface area contributed by atoms with Crippen molar-refractivity contribution >= 4 is 27.4 Å². The maximum atomic E-state index is 13.1. The number of nitrogens with zero attached hydrogens (tertiary/aromatic N) is 2. The number of sulfonamides is 1. The van der Waals surface area contributed by atoms with Crippen LogP contribution in [0.3, 0.4) is 0 Å². The first-order chi connectivity index (χ1) is 12.7. The number of hydrogen-bond acceptors (Lipinski definition) is 6. The minimum Gasteiger partial charge on any atom is -0.465 e. The van der Waals surface area contributed by atoms with E-state index < -0.39 is 20.9 Å². The summed E-state index contributed by atoms with van der Waals surface area (Å²) >= 11 is 0. The summed E-state index contributed by atoms with van der Waals surface area (Å²) < 4.78 is 32.0. The number of nitro benzene ring substituents is 1. The van der Waals surface area contributed by atoms with E-state index in [0.717, 1.165) is 10.4 Å². The van der Waals surface area contributed by atoms with Gasteiger partial charge in [0.05, 0.1) is 34.7 Å².